The molecule has 0 aliphatic heterocycles. The fourth-order valence-corrected chi connectivity index (χ4v) is 2.08. The minimum absolute atomic E-state index is 0.0256. The normalized spacial score (nSPS) is 28.6. The van der Waals surface area contributed by atoms with Crippen molar-refractivity contribution in [3.05, 3.63) is 0 Å². The van der Waals surface area contributed by atoms with Crippen molar-refractivity contribution >= 4 is 5.97 Å². The highest BCUT2D eigenvalue weighted by Gasteiger charge is 2.43. The van der Waals surface area contributed by atoms with Gasteiger partial charge in [0.05, 0.1) is 13.0 Å². The lowest BCUT2D eigenvalue weighted by atomic mass is 9.79. The number of carbonyl (C=O) groups excluding carboxylic acids is 1. The molecule has 0 saturated heterocycles. The zero-order valence-electron chi connectivity index (χ0n) is 8.96. The summed E-state index contributed by atoms with van der Waals surface area (Å²) in [6.07, 6.45) is -5.09. The molecule has 1 saturated carbocycles. The van der Waals surface area contributed by atoms with Crippen LogP contribution in [0.15, 0.2) is 0 Å². The van der Waals surface area contributed by atoms with Crippen molar-refractivity contribution in [2.45, 2.75) is 38.0 Å². The average Bonchev–Trinajstić information content (AvgIpc) is 2.26. The van der Waals surface area contributed by atoms with E-state index in [-0.39, 0.29) is 25.7 Å². The van der Waals surface area contributed by atoms with Crippen molar-refractivity contribution in [3.63, 3.8) is 0 Å². The van der Waals surface area contributed by atoms with Gasteiger partial charge in [-0.2, -0.15) is 13.2 Å². The average molecular weight is 240 g/mol. The van der Waals surface area contributed by atoms with E-state index >= 15 is 0 Å². The number of alkyl halides is 3. The molecule has 1 aliphatic rings. The lowest BCUT2D eigenvalue weighted by Gasteiger charge is -2.31. The Kier molecular flexibility index (Phi) is 4.18. The highest BCUT2D eigenvalue weighted by molar-refractivity contribution is 5.74. The summed E-state index contributed by atoms with van der Waals surface area (Å²) in [4.78, 5) is 11.0. The Labute approximate surface area is 91.6 Å². The van der Waals surface area contributed by atoms with Crippen LogP contribution in [0.5, 0.6) is 0 Å². The van der Waals surface area contributed by atoms with E-state index in [2.05, 4.69) is 4.74 Å². The van der Waals surface area contributed by atoms with E-state index in [4.69, 9.17) is 0 Å². The Balaban J connectivity index is 2.46. The van der Waals surface area contributed by atoms with Crippen LogP contribution >= 0.6 is 0 Å². The number of methoxy groups -OCH3 is 1. The summed E-state index contributed by atoms with van der Waals surface area (Å²) in [6.45, 7) is 0. The second-order valence-corrected chi connectivity index (χ2v) is 4.12. The van der Waals surface area contributed by atoms with Crippen molar-refractivity contribution in [3.8, 4) is 0 Å². The molecule has 94 valence electrons. The molecule has 3 nitrogen and oxygen atoms in total. The molecule has 0 aromatic rings. The summed E-state index contributed by atoms with van der Waals surface area (Å²) in [6, 6.07) is 0. The van der Waals surface area contributed by atoms with E-state index in [1.54, 1.807) is 0 Å². The van der Waals surface area contributed by atoms with Gasteiger partial charge in [-0.1, -0.05) is 0 Å². The third kappa shape index (κ3) is 3.10. The van der Waals surface area contributed by atoms with E-state index in [9.17, 15) is 23.1 Å². The molecule has 0 heterocycles. The third-order valence-corrected chi connectivity index (χ3v) is 3.12. The first-order valence-electron chi connectivity index (χ1n) is 5.19. The maximum absolute atomic E-state index is 12.3. The number of carbonyl (C=O) groups is 1. The molecular weight excluding hydrogens is 225 g/mol. The van der Waals surface area contributed by atoms with Gasteiger partial charge in [0.25, 0.3) is 0 Å². The molecular formula is C10H15F3O3. The number of esters is 1. The standard InChI is InChI=1S/C10H15F3O3/c1-16-9(15)8(14)6-2-4-7(5-3-6)10(11,12)13/h6-8,14H,2-5H2,1H3. The maximum Gasteiger partial charge on any atom is 0.391 e. The minimum atomic E-state index is -4.17. The van der Waals surface area contributed by atoms with Crippen LogP contribution in [-0.4, -0.2) is 30.5 Å². The topological polar surface area (TPSA) is 46.5 Å². The van der Waals surface area contributed by atoms with E-state index < -0.39 is 30.1 Å². The number of rotatable bonds is 2. The first kappa shape index (κ1) is 13.3. The number of aliphatic hydroxyl groups is 1. The van der Waals surface area contributed by atoms with Crippen LogP contribution in [0, 0.1) is 11.8 Å². The van der Waals surface area contributed by atoms with Crippen LogP contribution in [0.2, 0.25) is 0 Å². The molecule has 1 atom stereocenters. The zero-order chi connectivity index (χ0) is 12.3. The Morgan fingerprint density at radius 2 is 1.81 bits per heavy atom. The first-order valence-corrected chi connectivity index (χ1v) is 5.19. The second-order valence-electron chi connectivity index (χ2n) is 4.12. The largest absolute Gasteiger partial charge is 0.467 e. The van der Waals surface area contributed by atoms with Crippen molar-refractivity contribution in [1.29, 1.82) is 0 Å². The Morgan fingerprint density at radius 3 is 2.19 bits per heavy atom. The molecule has 16 heavy (non-hydrogen) atoms. The molecule has 0 aromatic heterocycles. The zero-order valence-corrected chi connectivity index (χ0v) is 8.96. The quantitative estimate of drug-likeness (QED) is 0.750. The highest BCUT2D eigenvalue weighted by Crippen LogP contribution is 2.40. The predicted molar refractivity (Wildman–Crippen MR) is 49.5 cm³/mol. The molecule has 0 spiro atoms. The number of hydrogen-bond donors (Lipinski definition) is 1. The lowest BCUT2D eigenvalue weighted by Crippen LogP contribution is -2.36. The van der Waals surface area contributed by atoms with E-state index in [1.165, 1.54) is 0 Å². The third-order valence-electron chi connectivity index (χ3n) is 3.12. The van der Waals surface area contributed by atoms with Crippen LogP contribution in [0.3, 0.4) is 0 Å². The molecule has 0 amide bonds. The van der Waals surface area contributed by atoms with Gasteiger partial charge in [-0.3, -0.25) is 0 Å². The number of ether oxygens (including phenoxy) is 1. The van der Waals surface area contributed by atoms with Crippen molar-refractivity contribution in [2.24, 2.45) is 11.8 Å². The Morgan fingerprint density at radius 1 is 1.31 bits per heavy atom. The number of aliphatic hydroxyl groups excluding tert-OH is 1. The number of halogens is 3. The molecule has 6 heteroatoms. The monoisotopic (exact) mass is 240 g/mol. The molecule has 1 unspecified atom stereocenters. The van der Waals surface area contributed by atoms with E-state index in [1.807, 2.05) is 0 Å². The second kappa shape index (κ2) is 5.03. The smallest absolute Gasteiger partial charge is 0.391 e. The molecule has 0 bridgehead atoms. The van der Waals surface area contributed by atoms with Crippen LogP contribution < -0.4 is 0 Å². The fourth-order valence-electron chi connectivity index (χ4n) is 2.08. The summed E-state index contributed by atoms with van der Waals surface area (Å²) in [5, 5.41) is 9.48. The molecule has 1 aliphatic carbocycles. The summed E-state index contributed by atoms with van der Waals surface area (Å²) < 4.78 is 41.4. The van der Waals surface area contributed by atoms with Crippen molar-refractivity contribution in [2.75, 3.05) is 7.11 Å². The van der Waals surface area contributed by atoms with Gasteiger partial charge in [-0.05, 0) is 31.6 Å². The van der Waals surface area contributed by atoms with Gasteiger partial charge in [0.15, 0.2) is 6.10 Å². The highest BCUT2D eigenvalue weighted by atomic mass is 19.4. The maximum atomic E-state index is 12.3. The van der Waals surface area contributed by atoms with Crippen LogP contribution in [0.25, 0.3) is 0 Å². The van der Waals surface area contributed by atoms with Crippen molar-refractivity contribution in [1.82, 2.24) is 0 Å². The molecule has 0 aromatic carbocycles. The molecule has 1 rings (SSSR count). The van der Waals surface area contributed by atoms with Gasteiger partial charge in [-0.25, -0.2) is 4.79 Å². The van der Waals surface area contributed by atoms with Gasteiger partial charge >= 0.3 is 12.1 Å². The van der Waals surface area contributed by atoms with E-state index in [0.717, 1.165) is 7.11 Å². The van der Waals surface area contributed by atoms with Crippen LogP contribution in [0.1, 0.15) is 25.7 Å². The van der Waals surface area contributed by atoms with Crippen molar-refractivity contribution < 1.29 is 27.8 Å². The van der Waals surface area contributed by atoms with E-state index in [0.29, 0.717) is 0 Å². The predicted octanol–water partition coefficient (Wildman–Crippen LogP) is 1.89. The van der Waals surface area contributed by atoms with Crippen LogP contribution in [-0.2, 0) is 9.53 Å². The fraction of sp³-hybridized carbons (Fsp3) is 0.900. The van der Waals surface area contributed by atoms with Crippen LogP contribution in [0.4, 0.5) is 13.2 Å². The van der Waals surface area contributed by atoms with Gasteiger partial charge in [0.1, 0.15) is 0 Å². The van der Waals surface area contributed by atoms with Gasteiger partial charge in [-0.15, -0.1) is 0 Å². The number of hydrogen-bond acceptors (Lipinski definition) is 3. The minimum Gasteiger partial charge on any atom is -0.467 e. The van der Waals surface area contributed by atoms with Gasteiger partial charge in [0.2, 0.25) is 0 Å². The molecule has 0 radical (unpaired) electrons. The van der Waals surface area contributed by atoms with Gasteiger partial charge < -0.3 is 9.84 Å². The molecule has 1 fully saturated rings. The SMILES string of the molecule is COC(=O)C(O)C1CCC(C(F)(F)F)CC1. The summed E-state index contributed by atoms with van der Waals surface area (Å²) in [5.74, 6) is -2.48. The summed E-state index contributed by atoms with van der Waals surface area (Å²) >= 11 is 0. The lowest BCUT2D eigenvalue weighted by molar-refractivity contribution is -0.186. The molecule has 1 N–H and O–H groups in total. The first-order chi connectivity index (χ1) is 7.36. The summed E-state index contributed by atoms with van der Waals surface area (Å²) in [7, 11) is 1.15. The summed E-state index contributed by atoms with van der Waals surface area (Å²) in [5.41, 5.74) is 0. The Bertz CT molecular complexity index is 244. The Hall–Kier alpha value is -0.780. The van der Waals surface area contributed by atoms with Gasteiger partial charge in [0, 0.05) is 0 Å².